The van der Waals surface area contributed by atoms with Crippen LogP contribution in [0.25, 0.3) is 10.6 Å². The first-order valence-electron chi connectivity index (χ1n) is 8.18. The molecule has 1 saturated heterocycles. The second-order valence-electron chi connectivity index (χ2n) is 6.32. The Morgan fingerprint density at radius 3 is 3.04 bits per heavy atom. The van der Waals surface area contributed by atoms with Gasteiger partial charge in [-0.3, -0.25) is 9.89 Å². The SMILES string of the molecule is Cc1cc(-c2snnc2C2CCCN(C(=O)c3cn[nH]c3C)C2)on1. The standard InChI is InChI=1S/C16H18N6O2S/c1-9-6-13(24-20-9)15-14(19-21-25-15)11-4-3-5-22(8-11)16(23)12-7-17-18-10(12)2/h6-7,11H,3-5,8H2,1-2H3,(H,17,18). The normalized spacial score (nSPS) is 17.8. The summed E-state index contributed by atoms with van der Waals surface area (Å²) in [7, 11) is 0. The van der Waals surface area contributed by atoms with Crippen molar-refractivity contribution in [2.24, 2.45) is 0 Å². The molecule has 1 unspecified atom stereocenters. The van der Waals surface area contributed by atoms with Crippen LogP contribution in [0.1, 0.15) is 46.2 Å². The van der Waals surface area contributed by atoms with Gasteiger partial charge in [0.1, 0.15) is 4.88 Å². The minimum atomic E-state index is 0.0104. The molecule has 0 bridgehead atoms. The van der Waals surface area contributed by atoms with Gasteiger partial charge in [-0.25, -0.2) is 0 Å². The highest BCUT2D eigenvalue weighted by molar-refractivity contribution is 7.09. The first kappa shape index (κ1) is 15.9. The molecule has 9 heteroatoms. The van der Waals surface area contributed by atoms with Gasteiger partial charge in [-0.1, -0.05) is 9.64 Å². The highest BCUT2D eigenvalue weighted by Gasteiger charge is 2.31. The number of nitrogens with zero attached hydrogens (tertiary/aromatic N) is 5. The summed E-state index contributed by atoms with van der Waals surface area (Å²) in [6, 6.07) is 1.89. The van der Waals surface area contributed by atoms with E-state index in [1.807, 2.05) is 24.8 Å². The van der Waals surface area contributed by atoms with E-state index >= 15 is 0 Å². The molecule has 8 nitrogen and oxygen atoms in total. The summed E-state index contributed by atoms with van der Waals surface area (Å²) < 4.78 is 9.48. The molecule has 1 aliphatic rings. The van der Waals surface area contributed by atoms with Gasteiger partial charge in [-0.15, -0.1) is 5.10 Å². The number of aromatic nitrogens is 5. The predicted molar refractivity (Wildman–Crippen MR) is 91.3 cm³/mol. The van der Waals surface area contributed by atoms with Crippen LogP contribution < -0.4 is 0 Å². The number of carbonyl (C=O) groups is 1. The molecule has 0 spiro atoms. The Morgan fingerprint density at radius 2 is 2.32 bits per heavy atom. The molecule has 130 valence electrons. The monoisotopic (exact) mass is 358 g/mol. The van der Waals surface area contributed by atoms with Crippen LogP contribution in [0, 0.1) is 13.8 Å². The molecule has 1 atom stereocenters. The van der Waals surface area contributed by atoms with Gasteiger partial charge in [0.15, 0.2) is 5.76 Å². The molecular weight excluding hydrogens is 340 g/mol. The fraction of sp³-hybridized carbons (Fsp3) is 0.438. The third-order valence-electron chi connectivity index (χ3n) is 4.52. The fourth-order valence-corrected chi connectivity index (χ4v) is 3.93. The fourth-order valence-electron chi connectivity index (χ4n) is 3.23. The molecular formula is C16H18N6O2S. The van der Waals surface area contributed by atoms with Crippen LogP contribution in [-0.4, -0.2) is 48.8 Å². The lowest BCUT2D eigenvalue weighted by Gasteiger charge is -2.32. The van der Waals surface area contributed by atoms with Gasteiger partial charge in [0.2, 0.25) is 0 Å². The molecule has 25 heavy (non-hydrogen) atoms. The lowest BCUT2D eigenvalue weighted by Crippen LogP contribution is -2.39. The molecule has 0 aromatic carbocycles. The highest BCUT2D eigenvalue weighted by atomic mass is 32.1. The molecule has 0 aliphatic carbocycles. The van der Waals surface area contributed by atoms with Crippen molar-refractivity contribution in [3.8, 4) is 10.6 Å². The largest absolute Gasteiger partial charge is 0.355 e. The van der Waals surface area contributed by atoms with Crippen LogP contribution in [0.2, 0.25) is 0 Å². The van der Waals surface area contributed by atoms with Crippen LogP contribution in [0.4, 0.5) is 0 Å². The summed E-state index contributed by atoms with van der Waals surface area (Å²) in [5, 5.41) is 15.0. The van der Waals surface area contributed by atoms with Crippen molar-refractivity contribution in [3.05, 3.63) is 34.9 Å². The Balaban J connectivity index is 1.57. The molecule has 0 saturated carbocycles. The first-order valence-corrected chi connectivity index (χ1v) is 8.96. The minimum absolute atomic E-state index is 0.0104. The summed E-state index contributed by atoms with van der Waals surface area (Å²) >= 11 is 1.31. The van der Waals surface area contributed by atoms with E-state index in [9.17, 15) is 4.79 Å². The van der Waals surface area contributed by atoms with Gasteiger partial charge in [0.05, 0.1) is 23.1 Å². The Hall–Kier alpha value is -2.55. The summed E-state index contributed by atoms with van der Waals surface area (Å²) in [4.78, 5) is 15.5. The van der Waals surface area contributed by atoms with Gasteiger partial charge in [0.25, 0.3) is 5.91 Å². The molecule has 1 N–H and O–H groups in total. The van der Waals surface area contributed by atoms with Gasteiger partial charge in [0, 0.05) is 30.8 Å². The van der Waals surface area contributed by atoms with E-state index in [4.69, 9.17) is 4.52 Å². The average Bonchev–Trinajstić information content (AvgIpc) is 3.34. The Bertz CT molecular complexity index is 898. The molecule has 1 amide bonds. The first-order chi connectivity index (χ1) is 12.1. The van der Waals surface area contributed by atoms with E-state index in [0.717, 1.165) is 41.3 Å². The Morgan fingerprint density at radius 1 is 1.44 bits per heavy atom. The van der Waals surface area contributed by atoms with Gasteiger partial charge >= 0.3 is 0 Å². The van der Waals surface area contributed by atoms with Crippen molar-refractivity contribution in [1.29, 1.82) is 0 Å². The van der Waals surface area contributed by atoms with Crippen molar-refractivity contribution in [2.45, 2.75) is 32.6 Å². The van der Waals surface area contributed by atoms with Crippen LogP contribution >= 0.6 is 11.5 Å². The molecule has 3 aromatic heterocycles. The van der Waals surface area contributed by atoms with Crippen molar-refractivity contribution < 1.29 is 9.32 Å². The number of amides is 1. The third kappa shape index (κ3) is 2.95. The summed E-state index contributed by atoms with van der Waals surface area (Å²) in [6.07, 6.45) is 3.49. The zero-order chi connectivity index (χ0) is 17.4. The van der Waals surface area contributed by atoms with E-state index < -0.39 is 0 Å². The van der Waals surface area contributed by atoms with Gasteiger partial charge in [-0.2, -0.15) is 5.10 Å². The number of likely N-dealkylation sites (tertiary alicyclic amines) is 1. The molecule has 1 fully saturated rings. The van der Waals surface area contributed by atoms with E-state index in [0.29, 0.717) is 17.9 Å². The summed E-state index contributed by atoms with van der Waals surface area (Å²) in [5.74, 6) is 0.844. The number of rotatable bonds is 3. The van der Waals surface area contributed by atoms with Crippen LogP contribution in [0.3, 0.4) is 0 Å². The summed E-state index contributed by atoms with van der Waals surface area (Å²) in [5.41, 5.74) is 3.14. The summed E-state index contributed by atoms with van der Waals surface area (Å²) in [6.45, 7) is 5.11. The second kappa shape index (κ2) is 6.40. The van der Waals surface area contributed by atoms with Crippen LogP contribution in [-0.2, 0) is 0 Å². The maximum atomic E-state index is 12.8. The Labute approximate surface area is 148 Å². The quantitative estimate of drug-likeness (QED) is 0.772. The molecule has 1 aliphatic heterocycles. The number of piperidine rings is 1. The van der Waals surface area contributed by atoms with Crippen molar-refractivity contribution >= 4 is 17.4 Å². The number of hydrogen-bond donors (Lipinski definition) is 1. The number of aromatic amines is 1. The number of carbonyl (C=O) groups excluding carboxylic acids is 1. The zero-order valence-corrected chi connectivity index (χ0v) is 14.8. The third-order valence-corrected chi connectivity index (χ3v) is 5.28. The van der Waals surface area contributed by atoms with Crippen molar-refractivity contribution in [3.63, 3.8) is 0 Å². The topological polar surface area (TPSA) is 101 Å². The van der Waals surface area contributed by atoms with E-state index in [-0.39, 0.29) is 11.8 Å². The number of hydrogen-bond acceptors (Lipinski definition) is 7. The number of aryl methyl sites for hydroxylation is 2. The molecule has 0 radical (unpaired) electrons. The van der Waals surface area contributed by atoms with Gasteiger partial charge < -0.3 is 9.42 Å². The minimum Gasteiger partial charge on any atom is -0.355 e. The highest BCUT2D eigenvalue weighted by Crippen LogP contribution is 2.35. The zero-order valence-electron chi connectivity index (χ0n) is 14.0. The van der Waals surface area contributed by atoms with Crippen LogP contribution in [0.5, 0.6) is 0 Å². The van der Waals surface area contributed by atoms with E-state index in [2.05, 4.69) is 24.9 Å². The smallest absolute Gasteiger partial charge is 0.257 e. The number of H-pyrrole nitrogens is 1. The lowest BCUT2D eigenvalue weighted by molar-refractivity contribution is 0.0705. The molecule has 4 rings (SSSR count). The van der Waals surface area contributed by atoms with Crippen molar-refractivity contribution in [1.82, 2.24) is 29.8 Å². The molecule has 3 aromatic rings. The van der Waals surface area contributed by atoms with Crippen LogP contribution in [0.15, 0.2) is 16.8 Å². The lowest BCUT2D eigenvalue weighted by atomic mass is 9.93. The van der Waals surface area contributed by atoms with Crippen molar-refractivity contribution in [2.75, 3.05) is 13.1 Å². The average molecular weight is 358 g/mol. The maximum absolute atomic E-state index is 12.8. The maximum Gasteiger partial charge on any atom is 0.257 e. The van der Waals surface area contributed by atoms with E-state index in [1.54, 1.807) is 6.20 Å². The van der Waals surface area contributed by atoms with E-state index in [1.165, 1.54) is 11.5 Å². The second-order valence-corrected chi connectivity index (χ2v) is 7.07. The molecule has 4 heterocycles. The Kier molecular flexibility index (Phi) is 4.08. The number of nitrogens with one attached hydrogen (secondary N) is 1. The van der Waals surface area contributed by atoms with Gasteiger partial charge in [-0.05, 0) is 38.2 Å². The predicted octanol–water partition coefficient (Wildman–Crippen LogP) is 2.55.